The highest BCUT2D eigenvalue weighted by Crippen LogP contribution is 2.20. The van der Waals surface area contributed by atoms with Crippen LogP contribution in [0.3, 0.4) is 0 Å². The third-order valence-electron chi connectivity index (χ3n) is 2.69. The van der Waals surface area contributed by atoms with Crippen LogP contribution in [-0.2, 0) is 0 Å². The summed E-state index contributed by atoms with van der Waals surface area (Å²) in [6.07, 6.45) is 9.00. The van der Waals surface area contributed by atoms with E-state index < -0.39 is 0 Å². The minimum absolute atomic E-state index is 0.932. The molecule has 3 nitrogen and oxygen atoms in total. The lowest BCUT2D eigenvalue weighted by Gasteiger charge is -2.06. The number of hydrogen-bond acceptors (Lipinski definition) is 3. The number of aromatic nitrogens is 2. The first kappa shape index (κ1) is 10.1. The van der Waals surface area contributed by atoms with Crippen molar-refractivity contribution in [2.45, 2.75) is 32.6 Å². The Kier molecular flexibility index (Phi) is 3.33. The topological polar surface area (TPSA) is 37.8 Å². The fourth-order valence-corrected chi connectivity index (χ4v) is 1.87. The SMILES string of the molecule is Cc1cc(NCCC2=CCCC2)ncn1. The van der Waals surface area contributed by atoms with E-state index in [0.717, 1.165) is 24.5 Å². The van der Waals surface area contributed by atoms with Gasteiger partial charge in [-0.2, -0.15) is 0 Å². The van der Waals surface area contributed by atoms with Gasteiger partial charge in [0, 0.05) is 18.3 Å². The van der Waals surface area contributed by atoms with Gasteiger partial charge in [-0.1, -0.05) is 11.6 Å². The molecule has 1 aromatic heterocycles. The van der Waals surface area contributed by atoms with Gasteiger partial charge in [0.15, 0.2) is 0 Å². The molecule has 0 bridgehead atoms. The van der Waals surface area contributed by atoms with Crippen molar-refractivity contribution in [3.8, 4) is 0 Å². The Morgan fingerprint density at radius 3 is 3.07 bits per heavy atom. The smallest absolute Gasteiger partial charge is 0.129 e. The van der Waals surface area contributed by atoms with Crippen LogP contribution in [0.1, 0.15) is 31.4 Å². The molecule has 0 fully saturated rings. The lowest BCUT2D eigenvalue weighted by atomic mass is 10.2. The average Bonchev–Trinajstić information content (AvgIpc) is 2.71. The highest BCUT2D eigenvalue weighted by Gasteiger charge is 2.03. The predicted molar refractivity (Wildman–Crippen MR) is 61.8 cm³/mol. The van der Waals surface area contributed by atoms with E-state index in [2.05, 4.69) is 21.4 Å². The van der Waals surface area contributed by atoms with E-state index in [1.807, 2.05) is 13.0 Å². The van der Waals surface area contributed by atoms with Crippen molar-refractivity contribution >= 4 is 5.82 Å². The van der Waals surface area contributed by atoms with Crippen molar-refractivity contribution in [3.05, 3.63) is 29.7 Å². The van der Waals surface area contributed by atoms with Crippen molar-refractivity contribution in [2.75, 3.05) is 11.9 Å². The summed E-state index contributed by atoms with van der Waals surface area (Å²) in [7, 11) is 0. The fraction of sp³-hybridized carbons (Fsp3) is 0.500. The zero-order chi connectivity index (χ0) is 10.5. The Labute approximate surface area is 90.6 Å². The lowest BCUT2D eigenvalue weighted by molar-refractivity contribution is 0.861. The van der Waals surface area contributed by atoms with E-state index in [1.54, 1.807) is 11.9 Å². The summed E-state index contributed by atoms with van der Waals surface area (Å²) < 4.78 is 0. The molecular formula is C12H17N3. The van der Waals surface area contributed by atoms with Gasteiger partial charge in [-0.05, 0) is 32.6 Å². The van der Waals surface area contributed by atoms with Crippen molar-refractivity contribution in [2.24, 2.45) is 0 Å². The number of nitrogens with one attached hydrogen (secondary N) is 1. The van der Waals surface area contributed by atoms with Crippen molar-refractivity contribution in [1.29, 1.82) is 0 Å². The summed E-state index contributed by atoms with van der Waals surface area (Å²) in [5, 5.41) is 3.32. The maximum absolute atomic E-state index is 4.16. The highest BCUT2D eigenvalue weighted by molar-refractivity contribution is 5.34. The van der Waals surface area contributed by atoms with Crippen LogP contribution in [0.25, 0.3) is 0 Å². The third-order valence-corrected chi connectivity index (χ3v) is 2.69. The minimum Gasteiger partial charge on any atom is -0.370 e. The molecule has 0 saturated carbocycles. The Balaban J connectivity index is 1.78. The van der Waals surface area contributed by atoms with E-state index in [4.69, 9.17) is 0 Å². The zero-order valence-electron chi connectivity index (χ0n) is 9.16. The molecule has 15 heavy (non-hydrogen) atoms. The molecule has 0 aliphatic heterocycles. The largest absolute Gasteiger partial charge is 0.370 e. The lowest BCUT2D eigenvalue weighted by Crippen LogP contribution is -2.04. The van der Waals surface area contributed by atoms with Crippen molar-refractivity contribution < 1.29 is 0 Å². The first-order chi connectivity index (χ1) is 7.34. The molecule has 0 unspecified atom stereocenters. The zero-order valence-corrected chi connectivity index (χ0v) is 9.16. The minimum atomic E-state index is 0.932. The summed E-state index contributed by atoms with van der Waals surface area (Å²) in [4.78, 5) is 8.22. The standard InChI is InChI=1S/C12H17N3/c1-10-8-12(15-9-14-10)13-7-6-11-4-2-3-5-11/h4,8-9H,2-3,5-7H2,1H3,(H,13,14,15). The second-order valence-corrected chi connectivity index (χ2v) is 3.98. The molecule has 3 heteroatoms. The number of rotatable bonds is 4. The van der Waals surface area contributed by atoms with Crippen LogP contribution in [-0.4, -0.2) is 16.5 Å². The molecule has 80 valence electrons. The predicted octanol–water partition coefficient (Wildman–Crippen LogP) is 2.70. The van der Waals surface area contributed by atoms with E-state index in [1.165, 1.54) is 19.3 Å². The van der Waals surface area contributed by atoms with Crippen LogP contribution >= 0.6 is 0 Å². The summed E-state index contributed by atoms with van der Waals surface area (Å²) in [5.41, 5.74) is 2.60. The Morgan fingerprint density at radius 1 is 1.40 bits per heavy atom. The molecule has 1 N–H and O–H groups in total. The molecule has 2 rings (SSSR count). The summed E-state index contributed by atoms with van der Waals surface area (Å²) >= 11 is 0. The van der Waals surface area contributed by atoms with Gasteiger partial charge in [0.05, 0.1) is 0 Å². The molecule has 0 radical (unpaired) electrons. The summed E-state index contributed by atoms with van der Waals surface area (Å²) in [5.74, 6) is 0.932. The Hall–Kier alpha value is -1.38. The van der Waals surface area contributed by atoms with Gasteiger partial charge in [-0.15, -0.1) is 0 Å². The first-order valence-electron chi connectivity index (χ1n) is 5.55. The normalized spacial score (nSPS) is 15.1. The highest BCUT2D eigenvalue weighted by atomic mass is 15.0. The molecule has 0 aromatic carbocycles. The van der Waals surface area contributed by atoms with Gasteiger partial charge in [-0.25, -0.2) is 9.97 Å². The second-order valence-electron chi connectivity index (χ2n) is 3.98. The van der Waals surface area contributed by atoms with Crippen LogP contribution in [0.4, 0.5) is 5.82 Å². The van der Waals surface area contributed by atoms with Crippen LogP contribution in [0.2, 0.25) is 0 Å². The molecule has 0 spiro atoms. The Bertz CT molecular complexity index is 358. The molecular weight excluding hydrogens is 186 g/mol. The van der Waals surface area contributed by atoms with Crippen molar-refractivity contribution in [1.82, 2.24) is 9.97 Å². The Morgan fingerprint density at radius 2 is 2.33 bits per heavy atom. The number of hydrogen-bond donors (Lipinski definition) is 1. The van der Waals surface area contributed by atoms with E-state index in [0.29, 0.717) is 0 Å². The van der Waals surface area contributed by atoms with E-state index >= 15 is 0 Å². The van der Waals surface area contributed by atoms with Gasteiger partial charge in [-0.3, -0.25) is 0 Å². The maximum Gasteiger partial charge on any atom is 0.129 e. The summed E-state index contributed by atoms with van der Waals surface area (Å²) in [6, 6.07) is 1.98. The van der Waals surface area contributed by atoms with Crippen LogP contribution in [0.5, 0.6) is 0 Å². The van der Waals surface area contributed by atoms with Gasteiger partial charge in [0.2, 0.25) is 0 Å². The van der Waals surface area contributed by atoms with Gasteiger partial charge in [0.25, 0.3) is 0 Å². The number of nitrogens with zero attached hydrogens (tertiary/aromatic N) is 2. The third kappa shape index (κ3) is 3.05. The maximum atomic E-state index is 4.16. The average molecular weight is 203 g/mol. The second kappa shape index (κ2) is 4.91. The molecule has 0 atom stereocenters. The molecule has 0 amide bonds. The van der Waals surface area contributed by atoms with Crippen LogP contribution in [0.15, 0.2) is 24.0 Å². The van der Waals surface area contributed by atoms with Gasteiger partial charge in [0.1, 0.15) is 12.1 Å². The first-order valence-corrected chi connectivity index (χ1v) is 5.55. The molecule has 1 aromatic rings. The number of anilines is 1. The quantitative estimate of drug-likeness (QED) is 0.764. The monoisotopic (exact) mass is 203 g/mol. The van der Waals surface area contributed by atoms with Crippen molar-refractivity contribution in [3.63, 3.8) is 0 Å². The number of aryl methyl sites for hydroxylation is 1. The van der Waals surface area contributed by atoms with E-state index in [9.17, 15) is 0 Å². The molecule has 1 aliphatic carbocycles. The van der Waals surface area contributed by atoms with Crippen LogP contribution < -0.4 is 5.32 Å². The fourth-order valence-electron chi connectivity index (χ4n) is 1.87. The molecule has 0 saturated heterocycles. The molecule has 1 aliphatic rings. The van der Waals surface area contributed by atoms with E-state index in [-0.39, 0.29) is 0 Å². The van der Waals surface area contributed by atoms with Gasteiger partial charge < -0.3 is 5.32 Å². The van der Waals surface area contributed by atoms with Gasteiger partial charge >= 0.3 is 0 Å². The summed E-state index contributed by atoms with van der Waals surface area (Å²) in [6.45, 7) is 2.95. The molecule has 1 heterocycles. The van der Waals surface area contributed by atoms with Crippen LogP contribution in [0, 0.1) is 6.92 Å². The number of allylic oxidation sites excluding steroid dienone is 1.